The van der Waals surface area contributed by atoms with Crippen molar-refractivity contribution in [2.45, 2.75) is 19.3 Å². The number of benzene rings is 1. The number of pyridine rings is 1. The second-order valence-electron chi connectivity index (χ2n) is 9.06. The molecule has 1 saturated heterocycles. The van der Waals surface area contributed by atoms with Crippen LogP contribution < -0.4 is 15.4 Å². The van der Waals surface area contributed by atoms with Crippen molar-refractivity contribution < 1.29 is 14.3 Å². The minimum Gasteiger partial charge on any atom is -0.478 e. The summed E-state index contributed by atoms with van der Waals surface area (Å²) in [5.41, 5.74) is 3.67. The van der Waals surface area contributed by atoms with E-state index in [1.54, 1.807) is 7.05 Å². The molecule has 3 heterocycles. The van der Waals surface area contributed by atoms with Gasteiger partial charge in [0.05, 0.1) is 17.8 Å². The Morgan fingerprint density at radius 1 is 1.14 bits per heavy atom. The third kappa shape index (κ3) is 6.43. The molecular weight excluding hydrogens is 444 g/mol. The van der Waals surface area contributed by atoms with Crippen molar-refractivity contribution in [1.82, 2.24) is 25.4 Å². The SMILES string of the molecule is CNC(=O)c1nnc2ccc(-c3ccc(OCCCN(C)C)nc3)cc2c1NCC1CCOCC1. The molecule has 9 nitrogen and oxygen atoms in total. The van der Waals surface area contributed by atoms with Gasteiger partial charge in [-0.25, -0.2) is 4.98 Å². The Morgan fingerprint density at radius 2 is 1.94 bits per heavy atom. The average molecular weight is 479 g/mol. The van der Waals surface area contributed by atoms with Crippen LogP contribution in [0.2, 0.25) is 0 Å². The van der Waals surface area contributed by atoms with E-state index >= 15 is 0 Å². The van der Waals surface area contributed by atoms with Crippen LogP contribution in [0.4, 0.5) is 5.69 Å². The molecule has 1 amide bonds. The Kier molecular flexibility index (Phi) is 8.44. The standard InChI is InChI=1S/C26H34N6O3/c1-27-26(33)25-24(29-16-18-9-13-34-14-10-18)21-15-19(5-7-22(21)30-31-25)20-6-8-23(28-17-20)35-12-4-11-32(2)3/h5-8,15,17-18H,4,9-14,16H2,1-3H3,(H,27,33)(H,29,30). The van der Waals surface area contributed by atoms with Crippen LogP contribution in [-0.4, -0.2) is 80.0 Å². The molecule has 4 rings (SSSR count). The molecule has 1 fully saturated rings. The van der Waals surface area contributed by atoms with E-state index in [4.69, 9.17) is 9.47 Å². The van der Waals surface area contributed by atoms with Gasteiger partial charge in [0.1, 0.15) is 0 Å². The molecule has 0 aliphatic carbocycles. The monoisotopic (exact) mass is 478 g/mol. The van der Waals surface area contributed by atoms with Crippen molar-refractivity contribution in [3.63, 3.8) is 0 Å². The van der Waals surface area contributed by atoms with Crippen LogP contribution in [0, 0.1) is 5.92 Å². The van der Waals surface area contributed by atoms with E-state index in [1.807, 2.05) is 50.6 Å². The second kappa shape index (κ2) is 11.9. The number of amides is 1. The van der Waals surface area contributed by atoms with Crippen LogP contribution in [-0.2, 0) is 4.74 Å². The van der Waals surface area contributed by atoms with E-state index < -0.39 is 0 Å². The first-order valence-electron chi connectivity index (χ1n) is 12.1. The van der Waals surface area contributed by atoms with Gasteiger partial charge in [-0.05, 0) is 63.0 Å². The van der Waals surface area contributed by atoms with Crippen molar-refractivity contribution in [2.75, 3.05) is 59.4 Å². The number of nitrogens with zero attached hydrogens (tertiary/aromatic N) is 4. The minimum absolute atomic E-state index is 0.267. The lowest BCUT2D eigenvalue weighted by atomic mass is 9.99. The van der Waals surface area contributed by atoms with E-state index in [2.05, 4.69) is 30.7 Å². The number of carbonyl (C=O) groups excluding carboxylic acids is 1. The van der Waals surface area contributed by atoms with Gasteiger partial charge >= 0.3 is 0 Å². The van der Waals surface area contributed by atoms with Gasteiger partial charge in [-0.3, -0.25) is 4.79 Å². The Morgan fingerprint density at radius 3 is 2.66 bits per heavy atom. The number of rotatable bonds is 10. The Balaban J connectivity index is 1.58. The highest BCUT2D eigenvalue weighted by molar-refractivity contribution is 6.06. The summed E-state index contributed by atoms with van der Waals surface area (Å²) in [7, 11) is 5.69. The highest BCUT2D eigenvalue weighted by Gasteiger charge is 2.20. The van der Waals surface area contributed by atoms with Gasteiger partial charge in [-0.2, -0.15) is 0 Å². The van der Waals surface area contributed by atoms with Crippen molar-refractivity contribution in [3.05, 3.63) is 42.2 Å². The number of hydrogen-bond donors (Lipinski definition) is 2. The van der Waals surface area contributed by atoms with Crippen LogP contribution in [0.3, 0.4) is 0 Å². The molecule has 186 valence electrons. The smallest absolute Gasteiger partial charge is 0.273 e. The summed E-state index contributed by atoms with van der Waals surface area (Å²) in [4.78, 5) is 19.2. The van der Waals surface area contributed by atoms with E-state index in [-0.39, 0.29) is 5.91 Å². The molecule has 0 atom stereocenters. The lowest BCUT2D eigenvalue weighted by Crippen LogP contribution is -2.26. The fraction of sp³-hybridized carbons (Fsp3) is 0.462. The fourth-order valence-corrected chi connectivity index (χ4v) is 4.13. The van der Waals surface area contributed by atoms with Gasteiger partial charge in [0.2, 0.25) is 5.88 Å². The minimum atomic E-state index is -0.267. The van der Waals surface area contributed by atoms with E-state index in [9.17, 15) is 4.79 Å². The molecule has 0 bridgehead atoms. The first-order valence-corrected chi connectivity index (χ1v) is 12.1. The van der Waals surface area contributed by atoms with E-state index in [1.165, 1.54) is 0 Å². The summed E-state index contributed by atoms with van der Waals surface area (Å²) in [6.07, 6.45) is 4.75. The van der Waals surface area contributed by atoms with Gasteiger partial charge in [0, 0.05) is 56.6 Å². The number of anilines is 1. The predicted octanol–water partition coefficient (Wildman–Crippen LogP) is 3.22. The highest BCUT2D eigenvalue weighted by Crippen LogP contribution is 2.30. The average Bonchev–Trinajstić information content (AvgIpc) is 2.89. The highest BCUT2D eigenvalue weighted by atomic mass is 16.5. The zero-order valence-electron chi connectivity index (χ0n) is 20.7. The molecule has 2 N–H and O–H groups in total. The normalized spacial score (nSPS) is 14.3. The van der Waals surface area contributed by atoms with Crippen LogP contribution in [0.15, 0.2) is 36.5 Å². The zero-order valence-corrected chi connectivity index (χ0v) is 20.7. The number of aromatic nitrogens is 3. The maximum Gasteiger partial charge on any atom is 0.273 e. The number of fused-ring (bicyclic) bond motifs is 1. The molecule has 0 saturated carbocycles. The number of nitrogens with one attached hydrogen (secondary N) is 2. The Bertz CT molecular complexity index is 1130. The largest absolute Gasteiger partial charge is 0.478 e. The molecule has 2 aromatic heterocycles. The van der Waals surface area contributed by atoms with Gasteiger partial charge in [0.15, 0.2) is 5.69 Å². The second-order valence-corrected chi connectivity index (χ2v) is 9.06. The summed E-state index contributed by atoms with van der Waals surface area (Å²) in [6, 6.07) is 9.85. The number of carbonyl (C=O) groups is 1. The van der Waals surface area contributed by atoms with Crippen molar-refractivity contribution in [1.29, 1.82) is 0 Å². The predicted molar refractivity (Wildman–Crippen MR) is 137 cm³/mol. The lowest BCUT2D eigenvalue weighted by molar-refractivity contribution is 0.0699. The van der Waals surface area contributed by atoms with Crippen LogP contribution in [0.1, 0.15) is 29.8 Å². The molecule has 0 spiro atoms. The van der Waals surface area contributed by atoms with Crippen molar-refractivity contribution in [3.8, 4) is 17.0 Å². The van der Waals surface area contributed by atoms with Gasteiger partial charge in [-0.15, -0.1) is 10.2 Å². The quantitative estimate of drug-likeness (QED) is 0.429. The van der Waals surface area contributed by atoms with E-state index in [0.29, 0.717) is 29.8 Å². The number of hydrogen-bond acceptors (Lipinski definition) is 8. The molecule has 9 heteroatoms. The van der Waals surface area contributed by atoms with Gasteiger partial charge in [-0.1, -0.05) is 6.07 Å². The Labute approximate surface area is 206 Å². The van der Waals surface area contributed by atoms with Gasteiger partial charge < -0.3 is 25.0 Å². The first-order chi connectivity index (χ1) is 17.0. The number of ether oxygens (including phenoxy) is 2. The third-order valence-corrected chi connectivity index (χ3v) is 6.18. The zero-order chi connectivity index (χ0) is 24.6. The fourth-order valence-electron chi connectivity index (χ4n) is 4.13. The topological polar surface area (TPSA) is 102 Å². The summed E-state index contributed by atoms with van der Waals surface area (Å²) in [6.45, 7) is 3.90. The molecule has 1 aromatic carbocycles. The summed E-state index contributed by atoms with van der Waals surface area (Å²) < 4.78 is 11.2. The molecule has 0 unspecified atom stereocenters. The first kappa shape index (κ1) is 24.8. The van der Waals surface area contributed by atoms with Crippen LogP contribution >= 0.6 is 0 Å². The lowest BCUT2D eigenvalue weighted by Gasteiger charge is -2.23. The van der Waals surface area contributed by atoms with Crippen LogP contribution in [0.25, 0.3) is 22.0 Å². The molecule has 3 aromatic rings. The molecule has 0 radical (unpaired) electrons. The summed E-state index contributed by atoms with van der Waals surface area (Å²) in [5, 5.41) is 15.6. The summed E-state index contributed by atoms with van der Waals surface area (Å²) >= 11 is 0. The van der Waals surface area contributed by atoms with Crippen molar-refractivity contribution in [2.24, 2.45) is 5.92 Å². The molecule has 1 aliphatic heterocycles. The molecule has 35 heavy (non-hydrogen) atoms. The van der Waals surface area contributed by atoms with Crippen molar-refractivity contribution >= 4 is 22.5 Å². The third-order valence-electron chi connectivity index (χ3n) is 6.18. The Hall–Kier alpha value is -3.30. The van der Waals surface area contributed by atoms with Gasteiger partial charge in [0.25, 0.3) is 5.91 Å². The molecular formula is C26H34N6O3. The van der Waals surface area contributed by atoms with E-state index in [0.717, 1.165) is 67.6 Å². The maximum atomic E-state index is 12.6. The summed E-state index contributed by atoms with van der Waals surface area (Å²) in [5.74, 6) is 0.832. The maximum absolute atomic E-state index is 12.6. The molecule has 1 aliphatic rings. The van der Waals surface area contributed by atoms with Crippen LogP contribution in [0.5, 0.6) is 5.88 Å².